The quantitative estimate of drug-likeness (QED) is 0.793. The van der Waals surface area contributed by atoms with Crippen LogP contribution in [0.2, 0.25) is 0 Å². The fourth-order valence-corrected chi connectivity index (χ4v) is 3.25. The summed E-state index contributed by atoms with van der Waals surface area (Å²) in [7, 11) is 0. The Balaban J connectivity index is 1.73. The standard InChI is InChI=1S/C17H25N7O2/c1-11(2)7-15(25)20-13-8-14(17-19-12(3)21-22-17)24(9-13)16(26)10-23-6-4-5-18-23/h4-6,11,13-14H,7-10H2,1-3H3,(H,20,25)(H,19,21,22)/t13-,14-/m0/s1. The molecule has 0 unspecified atom stereocenters. The molecule has 1 fully saturated rings. The summed E-state index contributed by atoms with van der Waals surface area (Å²) in [6.07, 6.45) is 4.47. The fourth-order valence-electron chi connectivity index (χ4n) is 3.25. The molecule has 9 nitrogen and oxygen atoms in total. The summed E-state index contributed by atoms with van der Waals surface area (Å²) in [6.45, 7) is 6.44. The van der Waals surface area contributed by atoms with Gasteiger partial charge < -0.3 is 10.2 Å². The highest BCUT2D eigenvalue weighted by molar-refractivity contribution is 5.78. The van der Waals surface area contributed by atoms with Crippen LogP contribution in [0.5, 0.6) is 0 Å². The fraction of sp³-hybridized carbons (Fsp3) is 0.588. The molecule has 2 atom stereocenters. The summed E-state index contributed by atoms with van der Waals surface area (Å²) in [5.41, 5.74) is 0. The summed E-state index contributed by atoms with van der Waals surface area (Å²) in [5, 5.41) is 14.2. The molecule has 140 valence electrons. The lowest BCUT2D eigenvalue weighted by molar-refractivity contribution is -0.133. The molecule has 0 saturated carbocycles. The zero-order valence-corrected chi connectivity index (χ0v) is 15.3. The van der Waals surface area contributed by atoms with Gasteiger partial charge in [-0.05, 0) is 25.3 Å². The van der Waals surface area contributed by atoms with E-state index in [1.165, 1.54) is 0 Å². The summed E-state index contributed by atoms with van der Waals surface area (Å²) in [4.78, 5) is 31.1. The lowest BCUT2D eigenvalue weighted by atomic mass is 10.1. The predicted molar refractivity (Wildman–Crippen MR) is 93.8 cm³/mol. The van der Waals surface area contributed by atoms with E-state index in [4.69, 9.17) is 0 Å². The molecule has 9 heteroatoms. The lowest BCUT2D eigenvalue weighted by Crippen LogP contribution is -2.40. The van der Waals surface area contributed by atoms with Crippen LogP contribution in [0.4, 0.5) is 0 Å². The molecule has 2 amide bonds. The number of aromatic amines is 1. The van der Waals surface area contributed by atoms with Crippen molar-refractivity contribution < 1.29 is 9.59 Å². The number of carbonyl (C=O) groups excluding carboxylic acids is 2. The Kier molecular flexibility index (Phi) is 5.34. The van der Waals surface area contributed by atoms with E-state index >= 15 is 0 Å². The molecule has 26 heavy (non-hydrogen) atoms. The number of rotatable bonds is 6. The smallest absolute Gasteiger partial charge is 0.244 e. The van der Waals surface area contributed by atoms with Gasteiger partial charge in [0.2, 0.25) is 11.8 Å². The first-order valence-corrected chi connectivity index (χ1v) is 8.87. The average Bonchev–Trinajstić information content (AvgIpc) is 3.27. The minimum absolute atomic E-state index is 0.0105. The van der Waals surface area contributed by atoms with Crippen molar-refractivity contribution in [2.24, 2.45) is 5.92 Å². The number of carbonyl (C=O) groups is 2. The second kappa shape index (κ2) is 7.67. The van der Waals surface area contributed by atoms with Crippen LogP contribution in [-0.4, -0.2) is 54.3 Å². The molecular weight excluding hydrogens is 334 g/mol. The predicted octanol–water partition coefficient (Wildman–Crippen LogP) is 0.814. The van der Waals surface area contributed by atoms with Gasteiger partial charge >= 0.3 is 0 Å². The minimum atomic E-state index is -0.257. The number of aromatic nitrogens is 5. The van der Waals surface area contributed by atoms with Crippen LogP contribution in [0.25, 0.3) is 0 Å². The first kappa shape index (κ1) is 18.1. The van der Waals surface area contributed by atoms with Crippen LogP contribution in [0.3, 0.4) is 0 Å². The highest BCUT2D eigenvalue weighted by Gasteiger charge is 2.39. The van der Waals surface area contributed by atoms with E-state index in [2.05, 4.69) is 25.6 Å². The molecule has 1 aliphatic rings. The highest BCUT2D eigenvalue weighted by Crippen LogP contribution is 2.30. The zero-order valence-electron chi connectivity index (χ0n) is 15.3. The molecule has 2 aromatic rings. The van der Waals surface area contributed by atoms with Crippen molar-refractivity contribution in [3.63, 3.8) is 0 Å². The summed E-state index contributed by atoms with van der Waals surface area (Å²) < 4.78 is 1.59. The number of nitrogens with zero attached hydrogens (tertiary/aromatic N) is 5. The maximum atomic E-state index is 12.8. The number of hydrogen-bond donors (Lipinski definition) is 2. The largest absolute Gasteiger partial charge is 0.351 e. The van der Waals surface area contributed by atoms with Crippen LogP contribution in [0.15, 0.2) is 18.5 Å². The topological polar surface area (TPSA) is 109 Å². The number of nitrogens with one attached hydrogen (secondary N) is 2. The molecule has 0 spiro atoms. The first-order valence-electron chi connectivity index (χ1n) is 8.87. The molecule has 0 radical (unpaired) electrons. The molecule has 2 aromatic heterocycles. The second-order valence-corrected chi connectivity index (χ2v) is 7.14. The average molecular weight is 359 g/mol. The highest BCUT2D eigenvalue weighted by atomic mass is 16.2. The molecule has 2 N–H and O–H groups in total. The maximum Gasteiger partial charge on any atom is 0.244 e. The monoisotopic (exact) mass is 359 g/mol. The van der Waals surface area contributed by atoms with Gasteiger partial charge in [-0.3, -0.25) is 19.4 Å². The number of amides is 2. The summed E-state index contributed by atoms with van der Waals surface area (Å²) >= 11 is 0. The Hall–Kier alpha value is -2.71. The molecule has 1 saturated heterocycles. The van der Waals surface area contributed by atoms with Crippen LogP contribution in [0, 0.1) is 12.8 Å². The Bertz CT molecular complexity index is 753. The van der Waals surface area contributed by atoms with E-state index in [1.54, 1.807) is 28.0 Å². The van der Waals surface area contributed by atoms with Crippen molar-refractivity contribution in [3.05, 3.63) is 30.1 Å². The van der Waals surface area contributed by atoms with E-state index in [1.807, 2.05) is 20.8 Å². The SMILES string of the molecule is Cc1nc([C@@H]2C[C@H](NC(=O)CC(C)C)CN2C(=O)Cn2cccn2)n[nH]1. The molecule has 3 rings (SSSR count). The van der Waals surface area contributed by atoms with Crippen molar-refractivity contribution >= 4 is 11.8 Å². The molecule has 0 bridgehead atoms. The Labute approximate surface area is 152 Å². The zero-order chi connectivity index (χ0) is 18.7. The van der Waals surface area contributed by atoms with Crippen LogP contribution in [-0.2, 0) is 16.1 Å². The first-order chi connectivity index (χ1) is 12.4. The van der Waals surface area contributed by atoms with Crippen molar-refractivity contribution in [1.82, 2.24) is 35.2 Å². The van der Waals surface area contributed by atoms with Gasteiger partial charge in [0.05, 0.1) is 6.04 Å². The second-order valence-electron chi connectivity index (χ2n) is 7.14. The van der Waals surface area contributed by atoms with Crippen molar-refractivity contribution in [1.29, 1.82) is 0 Å². The van der Waals surface area contributed by atoms with E-state index in [9.17, 15) is 9.59 Å². The molecule has 0 aliphatic carbocycles. The Morgan fingerprint density at radius 1 is 1.42 bits per heavy atom. The van der Waals surface area contributed by atoms with Crippen molar-refractivity contribution in [2.75, 3.05) is 6.54 Å². The van der Waals surface area contributed by atoms with Gasteiger partial charge in [0.25, 0.3) is 0 Å². The molecule has 1 aliphatic heterocycles. The Morgan fingerprint density at radius 2 is 2.23 bits per heavy atom. The van der Waals surface area contributed by atoms with Gasteiger partial charge in [-0.25, -0.2) is 4.98 Å². The van der Waals surface area contributed by atoms with Gasteiger partial charge in [-0.2, -0.15) is 10.2 Å². The third kappa shape index (κ3) is 4.27. The van der Waals surface area contributed by atoms with Gasteiger partial charge in [-0.1, -0.05) is 13.8 Å². The number of aryl methyl sites for hydroxylation is 1. The van der Waals surface area contributed by atoms with Gasteiger partial charge in [0.15, 0.2) is 5.82 Å². The number of likely N-dealkylation sites (tertiary alicyclic amines) is 1. The van der Waals surface area contributed by atoms with Crippen molar-refractivity contribution in [3.8, 4) is 0 Å². The number of H-pyrrole nitrogens is 1. The summed E-state index contributed by atoms with van der Waals surface area (Å²) in [5.74, 6) is 1.52. The van der Waals surface area contributed by atoms with E-state index in [0.717, 1.165) is 0 Å². The van der Waals surface area contributed by atoms with Crippen LogP contribution >= 0.6 is 0 Å². The van der Waals surface area contributed by atoms with E-state index < -0.39 is 0 Å². The third-order valence-corrected chi connectivity index (χ3v) is 4.35. The Morgan fingerprint density at radius 3 is 2.85 bits per heavy atom. The molecular formula is C17H25N7O2. The normalized spacial score (nSPS) is 19.9. The minimum Gasteiger partial charge on any atom is -0.351 e. The van der Waals surface area contributed by atoms with Crippen LogP contribution < -0.4 is 5.32 Å². The van der Waals surface area contributed by atoms with Gasteiger partial charge in [-0.15, -0.1) is 0 Å². The van der Waals surface area contributed by atoms with Crippen molar-refractivity contribution in [2.45, 2.75) is 52.2 Å². The van der Waals surface area contributed by atoms with Crippen LogP contribution in [0.1, 0.15) is 44.4 Å². The van der Waals surface area contributed by atoms with Gasteiger partial charge in [0.1, 0.15) is 12.4 Å². The third-order valence-electron chi connectivity index (χ3n) is 4.35. The maximum absolute atomic E-state index is 12.8. The number of hydrogen-bond acceptors (Lipinski definition) is 5. The molecule has 0 aromatic carbocycles. The van der Waals surface area contributed by atoms with Gasteiger partial charge in [0, 0.05) is 31.4 Å². The van der Waals surface area contributed by atoms with E-state index in [-0.39, 0.29) is 30.4 Å². The lowest BCUT2D eigenvalue weighted by Gasteiger charge is -2.22. The summed E-state index contributed by atoms with van der Waals surface area (Å²) in [6, 6.07) is 1.42. The molecule has 3 heterocycles. The van der Waals surface area contributed by atoms with E-state index in [0.29, 0.717) is 37.0 Å².